The minimum Gasteiger partial charge on any atom is -0.426 e. The fraction of sp³-hybridized carbons (Fsp3) is 0.100. The van der Waals surface area contributed by atoms with Gasteiger partial charge in [-0.2, -0.15) is 4.99 Å². The summed E-state index contributed by atoms with van der Waals surface area (Å²) in [6, 6.07) is 11.9. The molecule has 1 aliphatic rings. The normalized spacial score (nSPS) is 14.7. The number of amidine groups is 1. The van der Waals surface area contributed by atoms with Crippen LogP contribution >= 0.6 is 39.3 Å². The van der Waals surface area contributed by atoms with Crippen LogP contribution in [0.15, 0.2) is 56.8 Å². The zero-order chi connectivity index (χ0) is 21.1. The van der Waals surface area contributed by atoms with E-state index in [4.69, 9.17) is 16.3 Å². The fourth-order valence-electron chi connectivity index (χ4n) is 2.53. The van der Waals surface area contributed by atoms with Crippen LogP contribution in [0.25, 0.3) is 6.08 Å². The lowest BCUT2D eigenvalue weighted by molar-refractivity contribution is -0.132. The summed E-state index contributed by atoms with van der Waals surface area (Å²) < 4.78 is 5.64. The van der Waals surface area contributed by atoms with E-state index in [1.807, 2.05) is 0 Å². The Morgan fingerprint density at radius 1 is 1.21 bits per heavy atom. The van der Waals surface area contributed by atoms with Gasteiger partial charge in [-0.25, -0.2) is 0 Å². The van der Waals surface area contributed by atoms with Crippen LogP contribution in [0.3, 0.4) is 0 Å². The Labute approximate surface area is 184 Å². The molecule has 1 aliphatic heterocycles. The van der Waals surface area contributed by atoms with Gasteiger partial charge in [-0.15, -0.1) is 0 Å². The summed E-state index contributed by atoms with van der Waals surface area (Å²) in [6.07, 6.45) is 1.65. The predicted octanol–water partition coefficient (Wildman–Crippen LogP) is 5.05. The number of nitrogens with zero attached hydrogens (tertiary/aromatic N) is 2. The number of hydrogen-bond acceptors (Lipinski definition) is 5. The van der Waals surface area contributed by atoms with E-state index in [9.17, 15) is 14.4 Å². The molecule has 3 rings (SSSR count). The molecule has 0 saturated carbocycles. The number of para-hydroxylation sites is 1. The molecule has 2 aromatic rings. The highest BCUT2D eigenvalue weighted by molar-refractivity contribution is 9.10. The Morgan fingerprint density at radius 2 is 1.93 bits per heavy atom. The van der Waals surface area contributed by atoms with Crippen LogP contribution in [0, 0.1) is 0 Å². The van der Waals surface area contributed by atoms with E-state index in [0.717, 1.165) is 11.8 Å². The van der Waals surface area contributed by atoms with Gasteiger partial charge in [-0.3, -0.25) is 19.3 Å². The predicted molar refractivity (Wildman–Crippen MR) is 118 cm³/mol. The number of esters is 1. The Balaban J connectivity index is 1.88. The van der Waals surface area contributed by atoms with Crippen molar-refractivity contribution < 1.29 is 19.1 Å². The molecule has 29 heavy (non-hydrogen) atoms. The molecule has 0 aliphatic carbocycles. The first kappa shape index (κ1) is 21.3. The zero-order valence-corrected chi connectivity index (χ0v) is 18.5. The van der Waals surface area contributed by atoms with Crippen molar-refractivity contribution in [1.82, 2.24) is 0 Å². The van der Waals surface area contributed by atoms with Crippen molar-refractivity contribution in [1.29, 1.82) is 0 Å². The van der Waals surface area contributed by atoms with E-state index in [2.05, 4.69) is 20.9 Å². The van der Waals surface area contributed by atoms with Gasteiger partial charge in [-0.1, -0.05) is 29.8 Å². The zero-order valence-electron chi connectivity index (χ0n) is 15.3. The maximum absolute atomic E-state index is 12.4. The van der Waals surface area contributed by atoms with Crippen molar-refractivity contribution in [2.24, 2.45) is 4.99 Å². The molecule has 0 aromatic heterocycles. The summed E-state index contributed by atoms with van der Waals surface area (Å²) in [7, 11) is 0. The highest BCUT2D eigenvalue weighted by atomic mass is 79.9. The number of halogens is 2. The third kappa shape index (κ3) is 4.95. The average Bonchev–Trinajstić information content (AvgIpc) is 2.98. The van der Waals surface area contributed by atoms with E-state index >= 15 is 0 Å². The van der Waals surface area contributed by atoms with Crippen molar-refractivity contribution in [3.63, 3.8) is 0 Å². The second-order valence-corrected chi connectivity index (χ2v) is 8.17. The summed E-state index contributed by atoms with van der Waals surface area (Å²) in [4.78, 5) is 41.4. The maximum atomic E-state index is 12.4. The molecule has 0 radical (unpaired) electrons. The van der Waals surface area contributed by atoms with Crippen molar-refractivity contribution in [2.45, 2.75) is 13.8 Å². The van der Waals surface area contributed by atoms with E-state index < -0.39 is 11.9 Å². The van der Waals surface area contributed by atoms with Crippen LogP contribution in [0.4, 0.5) is 5.69 Å². The van der Waals surface area contributed by atoms with E-state index in [0.29, 0.717) is 31.4 Å². The monoisotopic (exact) mass is 492 g/mol. The topological polar surface area (TPSA) is 76.0 Å². The van der Waals surface area contributed by atoms with Crippen LogP contribution in [0.1, 0.15) is 19.4 Å². The molecule has 0 spiro atoms. The van der Waals surface area contributed by atoms with Gasteiger partial charge in [0.25, 0.3) is 5.91 Å². The first-order chi connectivity index (χ1) is 13.8. The molecular weight excluding hydrogens is 480 g/mol. The number of benzene rings is 2. The summed E-state index contributed by atoms with van der Waals surface area (Å²) in [5.74, 6) is -0.820. The lowest BCUT2D eigenvalue weighted by atomic mass is 10.2. The molecular formula is C20H14BrClN2O4S. The van der Waals surface area contributed by atoms with E-state index in [1.54, 1.807) is 48.5 Å². The molecule has 0 bridgehead atoms. The maximum Gasteiger partial charge on any atom is 0.308 e. The third-order valence-corrected chi connectivity index (χ3v) is 5.62. The molecule has 0 atom stereocenters. The Kier molecular flexibility index (Phi) is 6.56. The number of anilines is 1. The number of amides is 2. The molecule has 0 unspecified atom stereocenters. The van der Waals surface area contributed by atoms with Gasteiger partial charge in [0.1, 0.15) is 5.75 Å². The summed E-state index contributed by atoms with van der Waals surface area (Å²) in [5, 5.41) is 0.610. The van der Waals surface area contributed by atoms with Crippen molar-refractivity contribution in [2.75, 3.05) is 4.90 Å². The first-order valence-corrected chi connectivity index (χ1v) is 10.3. The average molecular weight is 494 g/mol. The van der Waals surface area contributed by atoms with Crippen molar-refractivity contribution >= 4 is 74.0 Å². The van der Waals surface area contributed by atoms with Crippen molar-refractivity contribution in [3.8, 4) is 5.75 Å². The molecule has 0 N–H and O–H groups in total. The molecule has 1 heterocycles. The second kappa shape index (κ2) is 8.94. The molecule has 0 fully saturated rings. The van der Waals surface area contributed by atoms with Gasteiger partial charge >= 0.3 is 5.97 Å². The molecule has 9 heteroatoms. The third-order valence-electron chi connectivity index (χ3n) is 3.72. The first-order valence-electron chi connectivity index (χ1n) is 8.32. The summed E-state index contributed by atoms with van der Waals surface area (Å²) in [5.41, 5.74) is 1.16. The van der Waals surface area contributed by atoms with E-state index in [-0.39, 0.29) is 11.1 Å². The number of hydrogen-bond donors (Lipinski definition) is 0. The molecule has 6 nitrogen and oxygen atoms in total. The number of thioether (sulfide) groups is 1. The number of aliphatic imine (C=N–C) groups is 1. The van der Waals surface area contributed by atoms with Gasteiger partial charge in [0.05, 0.1) is 20.1 Å². The number of ether oxygens (including phenoxy) is 1. The largest absolute Gasteiger partial charge is 0.426 e. The highest BCUT2D eigenvalue weighted by Crippen LogP contribution is 2.36. The van der Waals surface area contributed by atoms with Crippen LogP contribution in [-0.4, -0.2) is 23.0 Å². The van der Waals surface area contributed by atoms with Crippen LogP contribution in [0.2, 0.25) is 5.02 Å². The number of carbonyl (C=O) groups excluding carboxylic acids is 3. The minimum atomic E-state index is -0.455. The van der Waals surface area contributed by atoms with Crippen LogP contribution < -0.4 is 9.64 Å². The second-order valence-electron chi connectivity index (χ2n) is 5.90. The number of carbonyl (C=O) groups is 3. The van der Waals surface area contributed by atoms with E-state index in [1.165, 1.54) is 18.7 Å². The Morgan fingerprint density at radius 3 is 2.55 bits per heavy atom. The standard InChI is InChI=1S/C20H14BrClN2O4S/c1-11(25)24(16-6-4-3-5-15(16)22)20-23-19(27)18(29-20)10-13-7-8-17(14(21)9-13)28-12(2)26/h3-10H,1-2H3. The lowest BCUT2D eigenvalue weighted by Gasteiger charge is -2.20. The van der Waals surface area contributed by atoms with Gasteiger partial charge in [0, 0.05) is 13.8 Å². The van der Waals surface area contributed by atoms with Crippen molar-refractivity contribution in [3.05, 3.63) is 62.4 Å². The van der Waals surface area contributed by atoms with Gasteiger partial charge < -0.3 is 4.74 Å². The Hall–Kier alpha value is -2.42. The lowest BCUT2D eigenvalue weighted by Crippen LogP contribution is -2.32. The summed E-state index contributed by atoms with van der Waals surface area (Å²) in [6.45, 7) is 2.69. The van der Waals surface area contributed by atoms with Crippen LogP contribution in [0.5, 0.6) is 5.75 Å². The SMILES string of the molecule is CC(=O)Oc1ccc(C=C2SC(N(C(C)=O)c3ccccc3Cl)=NC2=O)cc1Br. The molecule has 2 amide bonds. The highest BCUT2D eigenvalue weighted by Gasteiger charge is 2.30. The Bertz CT molecular complexity index is 1080. The molecule has 148 valence electrons. The van der Waals surface area contributed by atoms with Gasteiger partial charge in [0.15, 0.2) is 5.17 Å². The van der Waals surface area contributed by atoms with Crippen LogP contribution in [-0.2, 0) is 14.4 Å². The quantitative estimate of drug-likeness (QED) is 0.340. The van der Waals surface area contributed by atoms with Gasteiger partial charge in [0.2, 0.25) is 5.91 Å². The smallest absolute Gasteiger partial charge is 0.308 e. The minimum absolute atomic E-state index is 0.234. The molecule has 0 saturated heterocycles. The molecule has 2 aromatic carbocycles. The summed E-state index contributed by atoms with van der Waals surface area (Å²) >= 11 is 10.6. The van der Waals surface area contributed by atoms with Gasteiger partial charge in [-0.05, 0) is 63.6 Å². The number of rotatable bonds is 3. The fourth-order valence-corrected chi connectivity index (χ4v) is 4.20.